The molecule has 0 aliphatic heterocycles. The molecule has 0 bridgehead atoms. The van der Waals surface area contributed by atoms with E-state index in [0.717, 1.165) is 22.2 Å². The van der Waals surface area contributed by atoms with Crippen molar-refractivity contribution < 1.29 is 9.53 Å². The Kier molecular flexibility index (Phi) is 5.91. The van der Waals surface area contributed by atoms with E-state index in [1.165, 1.54) is 5.56 Å². The summed E-state index contributed by atoms with van der Waals surface area (Å²) in [5, 5.41) is 4.28. The van der Waals surface area contributed by atoms with Crippen molar-refractivity contribution in [2.45, 2.75) is 33.1 Å². The van der Waals surface area contributed by atoms with Crippen LogP contribution in [0.5, 0.6) is 0 Å². The molecule has 0 spiro atoms. The summed E-state index contributed by atoms with van der Waals surface area (Å²) in [4.78, 5) is 21.7. The van der Waals surface area contributed by atoms with Gasteiger partial charge in [-0.1, -0.05) is 63.2 Å². The van der Waals surface area contributed by atoms with Crippen molar-refractivity contribution in [2.75, 3.05) is 11.9 Å². The number of para-hydroxylation sites is 1. The van der Waals surface area contributed by atoms with Crippen LogP contribution in [0.3, 0.4) is 0 Å². The minimum Gasteiger partial charge on any atom is -0.462 e. The lowest BCUT2D eigenvalue weighted by atomic mass is 9.87. The van der Waals surface area contributed by atoms with Gasteiger partial charge in [-0.25, -0.2) is 14.8 Å². The molecule has 32 heavy (non-hydrogen) atoms. The van der Waals surface area contributed by atoms with Gasteiger partial charge < -0.3 is 10.1 Å². The normalized spacial score (nSPS) is 11.4. The molecule has 1 heterocycles. The number of hydrogen-bond donors (Lipinski definition) is 1. The highest BCUT2D eigenvalue weighted by molar-refractivity contribution is 5.94. The Morgan fingerprint density at radius 1 is 0.938 bits per heavy atom. The first kappa shape index (κ1) is 21.5. The summed E-state index contributed by atoms with van der Waals surface area (Å²) >= 11 is 0. The van der Waals surface area contributed by atoms with Gasteiger partial charge in [-0.15, -0.1) is 0 Å². The number of ether oxygens (including phenoxy) is 1. The Balaban J connectivity index is 1.74. The monoisotopic (exact) mass is 425 g/mol. The van der Waals surface area contributed by atoms with Gasteiger partial charge in [0.25, 0.3) is 0 Å². The second-order valence-electron chi connectivity index (χ2n) is 8.67. The Bertz CT molecular complexity index is 1260. The van der Waals surface area contributed by atoms with Crippen LogP contribution in [0, 0.1) is 0 Å². The van der Waals surface area contributed by atoms with E-state index in [9.17, 15) is 4.79 Å². The van der Waals surface area contributed by atoms with Crippen LogP contribution in [0.15, 0.2) is 72.8 Å². The van der Waals surface area contributed by atoms with E-state index < -0.39 is 0 Å². The van der Waals surface area contributed by atoms with Gasteiger partial charge in [-0.3, -0.25) is 0 Å². The molecule has 0 fully saturated rings. The molecule has 5 nitrogen and oxygen atoms in total. The molecule has 0 radical (unpaired) electrons. The van der Waals surface area contributed by atoms with Crippen LogP contribution < -0.4 is 5.32 Å². The number of fused-ring (bicyclic) bond motifs is 1. The summed E-state index contributed by atoms with van der Waals surface area (Å²) in [5.74, 6) is 0.989. The van der Waals surface area contributed by atoms with Crippen LogP contribution in [-0.4, -0.2) is 22.5 Å². The Morgan fingerprint density at radius 2 is 1.69 bits per heavy atom. The zero-order chi connectivity index (χ0) is 22.7. The van der Waals surface area contributed by atoms with Crippen LogP contribution in [0.1, 0.15) is 43.6 Å². The quantitative estimate of drug-likeness (QED) is 0.369. The molecule has 162 valence electrons. The summed E-state index contributed by atoms with van der Waals surface area (Å²) in [5.41, 5.74) is 4.39. The molecule has 5 heteroatoms. The highest BCUT2D eigenvalue weighted by Crippen LogP contribution is 2.29. The lowest BCUT2D eigenvalue weighted by Crippen LogP contribution is -2.10. The van der Waals surface area contributed by atoms with Gasteiger partial charge in [0.05, 0.1) is 17.7 Å². The van der Waals surface area contributed by atoms with E-state index >= 15 is 0 Å². The molecule has 0 amide bonds. The third-order valence-electron chi connectivity index (χ3n) is 5.25. The third-order valence-corrected chi connectivity index (χ3v) is 5.25. The number of hydrogen-bond acceptors (Lipinski definition) is 5. The van der Waals surface area contributed by atoms with Crippen molar-refractivity contribution in [3.8, 4) is 11.4 Å². The van der Waals surface area contributed by atoms with E-state index in [-0.39, 0.29) is 11.4 Å². The van der Waals surface area contributed by atoms with E-state index in [1.807, 2.05) is 36.4 Å². The molecule has 4 aromatic rings. The number of rotatable bonds is 5. The predicted octanol–water partition coefficient (Wildman–Crippen LogP) is 6.51. The van der Waals surface area contributed by atoms with Crippen molar-refractivity contribution >= 4 is 28.4 Å². The van der Waals surface area contributed by atoms with Crippen LogP contribution >= 0.6 is 0 Å². The molecule has 0 aliphatic carbocycles. The van der Waals surface area contributed by atoms with E-state index in [1.54, 1.807) is 19.1 Å². The number of benzene rings is 3. The first-order chi connectivity index (χ1) is 15.3. The van der Waals surface area contributed by atoms with Crippen LogP contribution in [0.2, 0.25) is 0 Å². The van der Waals surface area contributed by atoms with Gasteiger partial charge in [0.2, 0.25) is 0 Å². The highest BCUT2D eigenvalue weighted by atomic mass is 16.5. The molecule has 0 atom stereocenters. The second-order valence-corrected chi connectivity index (χ2v) is 8.67. The Hall–Kier alpha value is -3.73. The van der Waals surface area contributed by atoms with E-state index in [4.69, 9.17) is 14.7 Å². The summed E-state index contributed by atoms with van der Waals surface area (Å²) in [6.45, 7) is 8.72. The number of anilines is 2. The SMILES string of the molecule is CCOC(=O)c1cccc(Nc2nc(-c3ccc(C(C)(C)C)cc3)nc3ccccc23)c1. The summed E-state index contributed by atoms with van der Waals surface area (Å²) in [6.07, 6.45) is 0. The number of carbonyl (C=O) groups is 1. The Morgan fingerprint density at radius 3 is 2.41 bits per heavy atom. The lowest BCUT2D eigenvalue weighted by Gasteiger charge is -2.19. The van der Waals surface area contributed by atoms with Gasteiger partial charge in [0, 0.05) is 16.6 Å². The van der Waals surface area contributed by atoms with Gasteiger partial charge in [0.15, 0.2) is 5.82 Å². The van der Waals surface area contributed by atoms with Crippen LogP contribution in [-0.2, 0) is 10.2 Å². The average Bonchev–Trinajstić information content (AvgIpc) is 2.79. The van der Waals surface area contributed by atoms with Crippen molar-refractivity contribution in [3.05, 3.63) is 83.9 Å². The summed E-state index contributed by atoms with van der Waals surface area (Å²) in [7, 11) is 0. The molecule has 3 aromatic carbocycles. The number of carbonyl (C=O) groups excluding carboxylic acids is 1. The molecule has 4 rings (SSSR count). The van der Waals surface area contributed by atoms with Gasteiger partial charge in [-0.05, 0) is 48.2 Å². The average molecular weight is 426 g/mol. The molecule has 0 unspecified atom stereocenters. The van der Waals surface area contributed by atoms with Crippen molar-refractivity contribution in [3.63, 3.8) is 0 Å². The maximum absolute atomic E-state index is 12.1. The number of aromatic nitrogens is 2. The summed E-state index contributed by atoms with van der Waals surface area (Å²) < 4.78 is 5.12. The largest absolute Gasteiger partial charge is 0.462 e. The van der Waals surface area contributed by atoms with Crippen molar-refractivity contribution in [1.29, 1.82) is 0 Å². The predicted molar refractivity (Wildman–Crippen MR) is 129 cm³/mol. The van der Waals surface area contributed by atoms with Gasteiger partial charge >= 0.3 is 5.97 Å². The zero-order valence-electron chi connectivity index (χ0n) is 18.8. The minimum absolute atomic E-state index is 0.0828. The second kappa shape index (κ2) is 8.79. The maximum Gasteiger partial charge on any atom is 0.338 e. The van der Waals surface area contributed by atoms with Crippen molar-refractivity contribution in [1.82, 2.24) is 9.97 Å². The minimum atomic E-state index is -0.344. The standard InChI is InChI=1S/C27H27N3O2/c1-5-32-26(31)19-9-8-10-21(17-19)28-25-22-11-6-7-12-23(22)29-24(30-25)18-13-15-20(16-14-18)27(2,3)4/h6-17H,5H2,1-4H3,(H,28,29,30). The fraction of sp³-hybridized carbons (Fsp3) is 0.222. The van der Waals surface area contributed by atoms with Crippen molar-refractivity contribution in [2.24, 2.45) is 0 Å². The molecule has 0 aliphatic rings. The van der Waals surface area contributed by atoms with Gasteiger partial charge in [-0.2, -0.15) is 0 Å². The van der Waals surface area contributed by atoms with Crippen LogP contribution in [0.4, 0.5) is 11.5 Å². The summed E-state index contributed by atoms with van der Waals surface area (Å²) in [6, 6.07) is 23.5. The van der Waals surface area contributed by atoms with E-state index in [2.05, 4.69) is 50.4 Å². The maximum atomic E-state index is 12.1. The third kappa shape index (κ3) is 4.62. The zero-order valence-corrected chi connectivity index (χ0v) is 18.8. The fourth-order valence-electron chi connectivity index (χ4n) is 3.50. The van der Waals surface area contributed by atoms with Gasteiger partial charge in [0.1, 0.15) is 5.82 Å². The number of esters is 1. The number of nitrogens with one attached hydrogen (secondary N) is 1. The topological polar surface area (TPSA) is 64.1 Å². The first-order valence-corrected chi connectivity index (χ1v) is 10.8. The smallest absolute Gasteiger partial charge is 0.338 e. The molecule has 1 N–H and O–H groups in total. The molecule has 0 saturated heterocycles. The molecule has 0 saturated carbocycles. The fourth-order valence-corrected chi connectivity index (χ4v) is 3.50. The van der Waals surface area contributed by atoms with Crippen LogP contribution in [0.25, 0.3) is 22.3 Å². The molecular formula is C27H27N3O2. The highest BCUT2D eigenvalue weighted by Gasteiger charge is 2.15. The molecule has 1 aromatic heterocycles. The first-order valence-electron chi connectivity index (χ1n) is 10.8. The van der Waals surface area contributed by atoms with E-state index in [0.29, 0.717) is 23.8 Å². The lowest BCUT2D eigenvalue weighted by molar-refractivity contribution is 0.0526. The Labute approximate surface area is 188 Å². The number of nitrogens with zero attached hydrogens (tertiary/aromatic N) is 2. The molecular weight excluding hydrogens is 398 g/mol.